The van der Waals surface area contributed by atoms with Crippen LogP contribution in [0.25, 0.3) is 0 Å². The number of hydrogen-bond donors (Lipinski definition) is 2. The number of rotatable bonds is 15. The van der Waals surface area contributed by atoms with Gasteiger partial charge in [-0.15, -0.1) is 0 Å². The molecular formula is C16H30Na2O7S. The van der Waals surface area contributed by atoms with Crippen LogP contribution in [-0.2, 0) is 24.4 Å². The Hall–Kier alpha value is 0.850. The maximum atomic E-state index is 11.4. The molecule has 144 valence electrons. The number of ether oxygens (including phenoxy) is 1. The van der Waals surface area contributed by atoms with Crippen molar-refractivity contribution in [1.82, 2.24) is 0 Å². The number of aliphatic carboxylic acids is 1. The number of esters is 1. The van der Waals surface area contributed by atoms with Crippen molar-refractivity contribution in [2.24, 2.45) is 0 Å². The molecule has 0 heterocycles. The van der Waals surface area contributed by atoms with Crippen LogP contribution in [0.1, 0.15) is 77.6 Å². The van der Waals surface area contributed by atoms with E-state index in [2.05, 4.69) is 6.92 Å². The second kappa shape index (κ2) is 19.2. The molecule has 0 aromatic rings. The van der Waals surface area contributed by atoms with E-state index in [9.17, 15) is 18.0 Å². The van der Waals surface area contributed by atoms with E-state index in [-0.39, 0.29) is 65.7 Å². The van der Waals surface area contributed by atoms with Crippen molar-refractivity contribution in [3.63, 3.8) is 0 Å². The molecule has 0 saturated carbocycles. The third-order valence-corrected chi connectivity index (χ3v) is 4.84. The fraction of sp³-hybridized carbons (Fsp3) is 0.875. The molecule has 7 nitrogen and oxygen atoms in total. The number of carbonyl (C=O) groups excluding carboxylic acids is 1. The van der Waals surface area contributed by atoms with E-state index in [0.29, 0.717) is 6.42 Å². The van der Waals surface area contributed by atoms with Gasteiger partial charge in [-0.2, -0.15) is 8.42 Å². The predicted molar refractivity (Wildman–Crippen MR) is 102 cm³/mol. The Morgan fingerprint density at radius 2 is 1.31 bits per heavy atom. The zero-order valence-corrected chi connectivity index (χ0v) is 21.2. The van der Waals surface area contributed by atoms with E-state index < -0.39 is 33.7 Å². The molecule has 2 radical (unpaired) electrons. The SMILES string of the molecule is CCCCCCCCCCCCOC(=O)CC(C(=O)O)S(=O)(=O)O.[Na].[Na]. The molecule has 0 aliphatic rings. The Labute approximate surface area is 201 Å². The largest absolute Gasteiger partial charge is 0.480 e. The zero-order chi connectivity index (χ0) is 18.4. The molecule has 0 amide bonds. The van der Waals surface area contributed by atoms with Crippen LogP contribution >= 0.6 is 0 Å². The maximum absolute atomic E-state index is 11.4. The van der Waals surface area contributed by atoms with Gasteiger partial charge in [-0.25, -0.2) is 0 Å². The van der Waals surface area contributed by atoms with Crippen molar-refractivity contribution >= 4 is 81.2 Å². The van der Waals surface area contributed by atoms with Gasteiger partial charge in [0.25, 0.3) is 10.1 Å². The van der Waals surface area contributed by atoms with Crippen molar-refractivity contribution in [3.05, 3.63) is 0 Å². The first-order chi connectivity index (χ1) is 11.3. The molecule has 26 heavy (non-hydrogen) atoms. The van der Waals surface area contributed by atoms with Crippen LogP contribution in [0.5, 0.6) is 0 Å². The summed E-state index contributed by atoms with van der Waals surface area (Å²) in [6, 6.07) is 0. The molecule has 0 aliphatic heterocycles. The number of hydrogen-bond acceptors (Lipinski definition) is 5. The van der Waals surface area contributed by atoms with Crippen molar-refractivity contribution in [2.75, 3.05) is 6.61 Å². The summed E-state index contributed by atoms with van der Waals surface area (Å²) in [5, 5.41) is 6.50. The minimum absolute atomic E-state index is 0. The van der Waals surface area contributed by atoms with Crippen LogP contribution < -0.4 is 0 Å². The summed E-state index contributed by atoms with van der Waals surface area (Å²) in [5.74, 6) is -2.70. The van der Waals surface area contributed by atoms with Crippen LogP contribution in [0, 0.1) is 0 Å². The van der Waals surface area contributed by atoms with Crippen LogP contribution in [0.3, 0.4) is 0 Å². The van der Waals surface area contributed by atoms with Gasteiger partial charge in [0, 0.05) is 59.1 Å². The Bertz CT molecular complexity index is 469. The quantitative estimate of drug-likeness (QED) is 0.184. The zero-order valence-electron chi connectivity index (χ0n) is 16.4. The molecule has 0 saturated heterocycles. The molecule has 0 rings (SSSR count). The minimum Gasteiger partial charge on any atom is -0.480 e. The molecule has 10 heteroatoms. The van der Waals surface area contributed by atoms with Gasteiger partial charge in [0.05, 0.1) is 13.0 Å². The minimum atomic E-state index is -4.81. The fourth-order valence-electron chi connectivity index (χ4n) is 2.31. The first-order valence-electron chi connectivity index (χ1n) is 8.63. The van der Waals surface area contributed by atoms with Crippen LogP contribution in [0.15, 0.2) is 0 Å². The number of carboxylic acid groups (broad SMARTS) is 1. The van der Waals surface area contributed by atoms with E-state index in [4.69, 9.17) is 14.4 Å². The topological polar surface area (TPSA) is 118 Å². The first-order valence-corrected chi connectivity index (χ1v) is 10.1. The molecule has 0 aromatic carbocycles. The summed E-state index contributed by atoms with van der Waals surface area (Å²) in [4.78, 5) is 22.1. The van der Waals surface area contributed by atoms with Gasteiger partial charge < -0.3 is 9.84 Å². The summed E-state index contributed by atoms with van der Waals surface area (Å²) in [6.07, 6.45) is 10.5. The summed E-state index contributed by atoms with van der Waals surface area (Å²) >= 11 is 0. The summed E-state index contributed by atoms with van der Waals surface area (Å²) in [7, 11) is -4.81. The third-order valence-electron chi connectivity index (χ3n) is 3.75. The second-order valence-corrected chi connectivity index (χ2v) is 7.55. The van der Waals surface area contributed by atoms with E-state index in [0.717, 1.165) is 19.3 Å². The van der Waals surface area contributed by atoms with E-state index in [1.165, 1.54) is 38.5 Å². The average molecular weight is 412 g/mol. The normalized spacial score (nSPS) is 11.8. The smallest absolute Gasteiger partial charge is 0.325 e. The van der Waals surface area contributed by atoms with Crippen molar-refractivity contribution in [3.8, 4) is 0 Å². The van der Waals surface area contributed by atoms with Gasteiger partial charge in [-0.05, 0) is 6.42 Å². The van der Waals surface area contributed by atoms with Crippen molar-refractivity contribution in [1.29, 1.82) is 0 Å². The van der Waals surface area contributed by atoms with E-state index in [1.54, 1.807) is 0 Å². The van der Waals surface area contributed by atoms with Crippen LogP contribution in [0.4, 0.5) is 0 Å². The molecule has 0 aromatic heterocycles. The van der Waals surface area contributed by atoms with Gasteiger partial charge in [0.2, 0.25) is 0 Å². The van der Waals surface area contributed by atoms with Gasteiger partial charge in [0.15, 0.2) is 5.25 Å². The van der Waals surface area contributed by atoms with Gasteiger partial charge in [0.1, 0.15) is 0 Å². The number of carboxylic acids is 1. The molecule has 0 bridgehead atoms. The summed E-state index contributed by atoms with van der Waals surface area (Å²) in [5.41, 5.74) is 0. The molecule has 0 spiro atoms. The molecule has 0 aliphatic carbocycles. The monoisotopic (exact) mass is 412 g/mol. The molecule has 1 atom stereocenters. The van der Waals surface area contributed by atoms with E-state index >= 15 is 0 Å². The Kier molecular flexibility index (Phi) is 23.3. The van der Waals surface area contributed by atoms with Gasteiger partial charge in [-0.1, -0.05) is 64.7 Å². The van der Waals surface area contributed by atoms with Crippen molar-refractivity contribution in [2.45, 2.75) is 82.8 Å². The molecule has 1 unspecified atom stereocenters. The van der Waals surface area contributed by atoms with Crippen LogP contribution in [0.2, 0.25) is 0 Å². The molecular weight excluding hydrogens is 382 g/mol. The van der Waals surface area contributed by atoms with Gasteiger partial charge in [-0.3, -0.25) is 14.1 Å². The maximum Gasteiger partial charge on any atom is 0.325 e. The summed E-state index contributed by atoms with van der Waals surface area (Å²) in [6.45, 7) is 2.32. The molecule has 2 N–H and O–H groups in total. The van der Waals surface area contributed by atoms with Crippen LogP contribution in [-0.4, -0.2) is 101 Å². The Balaban J connectivity index is -0.00000264. The molecule has 0 fully saturated rings. The Morgan fingerprint density at radius 3 is 1.69 bits per heavy atom. The second-order valence-electron chi connectivity index (χ2n) is 5.95. The number of unbranched alkanes of at least 4 members (excludes halogenated alkanes) is 9. The fourth-order valence-corrected chi connectivity index (χ4v) is 2.91. The standard InChI is InChI=1S/C16H30O7S.2Na/c1-2-3-4-5-6-7-8-9-10-11-12-23-15(17)13-14(16(18)19)24(20,21)22;;/h14H,2-13H2,1H3,(H,18,19)(H,20,21,22);;. The Morgan fingerprint density at radius 1 is 0.885 bits per heavy atom. The van der Waals surface area contributed by atoms with E-state index in [1.807, 2.05) is 0 Å². The first kappa shape index (κ1) is 31.5. The van der Waals surface area contributed by atoms with Gasteiger partial charge >= 0.3 is 11.9 Å². The third kappa shape index (κ3) is 18.2. The number of carbonyl (C=O) groups is 2. The van der Waals surface area contributed by atoms with Crippen molar-refractivity contribution < 1.29 is 32.4 Å². The average Bonchev–Trinajstić information content (AvgIpc) is 2.48. The summed E-state index contributed by atoms with van der Waals surface area (Å²) < 4.78 is 35.2. The predicted octanol–water partition coefficient (Wildman–Crippen LogP) is 2.42.